The number of carbonyl (C=O) groups excluding carboxylic acids is 1. The average Bonchev–Trinajstić information content (AvgIpc) is 2.59. The van der Waals surface area contributed by atoms with Crippen molar-refractivity contribution in [2.24, 2.45) is 0 Å². The Bertz CT molecular complexity index is 354. The quantitative estimate of drug-likeness (QED) is 0.761. The Labute approximate surface area is 102 Å². The van der Waals surface area contributed by atoms with Crippen molar-refractivity contribution in [1.29, 1.82) is 0 Å². The van der Waals surface area contributed by atoms with Crippen LogP contribution in [0, 0.1) is 0 Å². The molecular weight excluding hydrogens is 220 g/mol. The van der Waals surface area contributed by atoms with Crippen molar-refractivity contribution in [3.63, 3.8) is 0 Å². The van der Waals surface area contributed by atoms with Crippen molar-refractivity contribution in [2.75, 3.05) is 20.1 Å². The first-order chi connectivity index (χ1) is 7.79. The number of likely N-dealkylation sites (tertiary alicyclic amines) is 1. The van der Waals surface area contributed by atoms with Gasteiger partial charge in [-0.1, -0.05) is 12.2 Å². The van der Waals surface area contributed by atoms with Crippen LogP contribution in [0.15, 0.2) is 12.2 Å². The second-order valence-electron chi connectivity index (χ2n) is 4.93. The van der Waals surface area contributed by atoms with Gasteiger partial charge in [0, 0.05) is 20.1 Å². The summed E-state index contributed by atoms with van der Waals surface area (Å²) in [4.78, 5) is 26.4. The minimum absolute atomic E-state index is 0.240. The second-order valence-corrected chi connectivity index (χ2v) is 4.93. The lowest BCUT2D eigenvalue weighted by molar-refractivity contribution is -0.147. The second kappa shape index (κ2) is 4.77. The fourth-order valence-electron chi connectivity index (χ4n) is 2.17. The maximum absolute atomic E-state index is 12.1. The molecule has 5 nitrogen and oxygen atoms in total. The predicted octanol–water partition coefficient (Wildman–Crippen LogP) is 1.55. The third-order valence-corrected chi connectivity index (χ3v) is 3.17. The van der Waals surface area contributed by atoms with Gasteiger partial charge < -0.3 is 14.9 Å². The Morgan fingerprint density at radius 3 is 2.59 bits per heavy atom. The summed E-state index contributed by atoms with van der Waals surface area (Å²) < 4.78 is 0. The molecule has 2 amide bonds. The van der Waals surface area contributed by atoms with E-state index in [0.717, 1.165) is 12.0 Å². The van der Waals surface area contributed by atoms with E-state index in [9.17, 15) is 14.7 Å². The van der Waals surface area contributed by atoms with Crippen LogP contribution >= 0.6 is 0 Å². The third-order valence-electron chi connectivity index (χ3n) is 3.17. The maximum atomic E-state index is 12.1. The number of likely N-dealkylation sites (N-methyl/N-ethyl adjacent to an activating group) is 1. The highest BCUT2D eigenvalue weighted by atomic mass is 16.4. The van der Waals surface area contributed by atoms with Gasteiger partial charge in [-0.2, -0.15) is 0 Å². The molecule has 1 atom stereocenters. The van der Waals surface area contributed by atoms with Gasteiger partial charge in [0.2, 0.25) is 0 Å². The summed E-state index contributed by atoms with van der Waals surface area (Å²) in [6.45, 7) is 8.14. The molecule has 17 heavy (non-hydrogen) atoms. The van der Waals surface area contributed by atoms with Gasteiger partial charge in [-0.3, -0.25) is 0 Å². The highest BCUT2D eigenvalue weighted by Crippen LogP contribution is 2.30. The number of amides is 2. The molecule has 1 fully saturated rings. The van der Waals surface area contributed by atoms with Crippen molar-refractivity contribution in [1.82, 2.24) is 9.80 Å². The Morgan fingerprint density at radius 2 is 2.12 bits per heavy atom. The van der Waals surface area contributed by atoms with Gasteiger partial charge in [0.15, 0.2) is 0 Å². The maximum Gasteiger partial charge on any atom is 0.329 e. The Morgan fingerprint density at radius 1 is 1.53 bits per heavy atom. The lowest BCUT2D eigenvalue weighted by Crippen LogP contribution is -2.54. The van der Waals surface area contributed by atoms with E-state index >= 15 is 0 Å². The van der Waals surface area contributed by atoms with Crippen molar-refractivity contribution in [3.8, 4) is 0 Å². The first-order valence-electron chi connectivity index (χ1n) is 5.69. The van der Waals surface area contributed by atoms with Crippen molar-refractivity contribution < 1.29 is 14.7 Å². The molecule has 0 bridgehead atoms. The summed E-state index contributed by atoms with van der Waals surface area (Å²) in [6.07, 6.45) is 1.24. The number of carbonyl (C=O) groups is 2. The van der Waals surface area contributed by atoms with Crippen LogP contribution in [-0.2, 0) is 4.79 Å². The zero-order valence-corrected chi connectivity index (χ0v) is 10.7. The van der Waals surface area contributed by atoms with Crippen LogP contribution in [0.4, 0.5) is 4.79 Å². The van der Waals surface area contributed by atoms with Crippen molar-refractivity contribution in [3.05, 3.63) is 12.2 Å². The molecule has 1 rings (SSSR count). The normalized spacial score (nSPS) is 23.6. The van der Waals surface area contributed by atoms with Gasteiger partial charge in [0.05, 0.1) is 0 Å². The molecular formula is C12H20N2O3. The van der Waals surface area contributed by atoms with E-state index in [2.05, 4.69) is 6.58 Å². The molecule has 1 heterocycles. The number of nitrogens with zero attached hydrogens (tertiary/aromatic N) is 2. The van der Waals surface area contributed by atoms with Gasteiger partial charge in [0.1, 0.15) is 5.54 Å². The summed E-state index contributed by atoms with van der Waals surface area (Å²) in [5.41, 5.74) is -0.197. The van der Waals surface area contributed by atoms with E-state index in [1.165, 1.54) is 9.80 Å². The first-order valence-corrected chi connectivity index (χ1v) is 5.69. The molecule has 0 aromatic heterocycles. The number of hydrogen-bond donors (Lipinski definition) is 1. The summed E-state index contributed by atoms with van der Waals surface area (Å²) >= 11 is 0. The molecule has 5 heteroatoms. The molecule has 1 unspecified atom stereocenters. The highest BCUT2D eigenvalue weighted by Gasteiger charge is 2.46. The molecule has 0 aliphatic carbocycles. The van der Waals surface area contributed by atoms with Crippen molar-refractivity contribution in [2.45, 2.75) is 32.2 Å². The fraction of sp³-hybridized carbons (Fsp3) is 0.667. The lowest BCUT2D eigenvalue weighted by Gasteiger charge is -2.34. The molecule has 1 aliphatic heterocycles. The summed E-state index contributed by atoms with van der Waals surface area (Å²) in [7, 11) is 1.66. The van der Waals surface area contributed by atoms with Crippen LogP contribution in [0.5, 0.6) is 0 Å². The topological polar surface area (TPSA) is 60.9 Å². The van der Waals surface area contributed by atoms with Crippen LogP contribution in [0.1, 0.15) is 26.7 Å². The monoisotopic (exact) mass is 240 g/mol. The van der Waals surface area contributed by atoms with Crippen molar-refractivity contribution >= 4 is 12.0 Å². The number of aliphatic carboxylic acids is 1. The number of carboxylic acid groups (broad SMARTS) is 1. The smallest absolute Gasteiger partial charge is 0.329 e. The van der Waals surface area contributed by atoms with E-state index in [-0.39, 0.29) is 6.03 Å². The largest absolute Gasteiger partial charge is 0.480 e. The summed E-state index contributed by atoms with van der Waals surface area (Å²) in [5, 5.41) is 9.23. The fourth-order valence-corrected chi connectivity index (χ4v) is 2.17. The van der Waals surface area contributed by atoms with Gasteiger partial charge in [-0.05, 0) is 26.7 Å². The zero-order chi connectivity index (χ0) is 13.2. The van der Waals surface area contributed by atoms with Gasteiger partial charge in [-0.15, -0.1) is 0 Å². The molecule has 1 saturated heterocycles. The van der Waals surface area contributed by atoms with E-state index < -0.39 is 11.5 Å². The van der Waals surface area contributed by atoms with Gasteiger partial charge in [-0.25, -0.2) is 9.59 Å². The summed E-state index contributed by atoms with van der Waals surface area (Å²) in [6, 6.07) is -0.240. The Hall–Kier alpha value is -1.52. The van der Waals surface area contributed by atoms with E-state index in [0.29, 0.717) is 19.5 Å². The number of carboxylic acids is 1. The average molecular weight is 240 g/mol. The van der Waals surface area contributed by atoms with E-state index in [1.54, 1.807) is 14.0 Å². The van der Waals surface area contributed by atoms with Gasteiger partial charge in [0.25, 0.3) is 0 Å². The molecule has 0 radical (unpaired) electrons. The number of hydrogen-bond acceptors (Lipinski definition) is 2. The molecule has 0 spiro atoms. The standard InChI is InChI=1S/C12H20N2O3/c1-9(2)8-13(4)11(17)14-7-5-6-12(14,3)10(15)16/h1,5-8H2,2-4H3,(H,15,16). The van der Waals surface area contributed by atoms with Gasteiger partial charge >= 0.3 is 12.0 Å². The lowest BCUT2D eigenvalue weighted by atomic mass is 10.00. The molecule has 0 aromatic carbocycles. The van der Waals surface area contributed by atoms with Crippen LogP contribution in [0.25, 0.3) is 0 Å². The van der Waals surface area contributed by atoms with Crippen LogP contribution < -0.4 is 0 Å². The highest BCUT2D eigenvalue weighted by molar-refractivity contribution is 5.86. The zero-order valence-electron chi connectivity index (χ0n) is 10.7. The van der Waals surface area contributed by atoms with Crippen LogP contribution in [-0.4, -0.2) is 52.6 Å². The SMILES string of the molecule is C=C(C)CN(C)C(=O)N1CCCC1(C)C(=O)O. The third kappa shape index (κ3) is 2.60. The number of urea groups is 1. The molecule has 96 valence electrons. The minimum Gasteiger partial charge on any atom is -0.480 e. The molecule has 0 aromatic rings. The van der Waals surface area contributed by atoms with E-state index in [1.807, 2.05) is 6.92 Å². The van der Waals surface area contributed by atoms with Crippen LogP contribution in [0.3, 0.4) is 0 Å². The minimum atomic E-state index is -1.07. The molecule has 0 saturated carbocycles. The van der Waals surface area contributed by atoms with Crippen LogP contribution in [0.2, 0.25) is 0 Å². The number of rotatable bonds is 3. The van der Waals surface area contributed by atoms with E-state index in [4.69, 9.17) is 0 Å². The molecule has 1 aliphatic rings. The first kappa shape index (κ1) is 13.5. The summed E-state index contributed by atoms with van der Waals surface area (Å²) in [5.74, 6) is -0.938. The predicted molar refractivity (Wildman–Crippen MR) is 64.8 cm³/mol. The molecule has 1 N–H and O–H groups in total. The Balaban J connectivity index is 2.81. The Kier molecular flexibility index (Phi) is 3.80.